The van der Waals surface area contributed by atoms with Crippen LogP contribution in [0, 0.1) is 17.8 Å². The lowest BCUT2D eigenvalue weighted by Crippen LogP contribution is -2.07. The second-order valence-electron chi connectivity index (χ2n) is 5.38. The molecule has 0 bridgehead atoms. The second kappa shape index (κ2) is 8.67. The van der Waals surface area contributed by atoms with Gasteiger partial charge >= 0.3 is 0 Å². The molecule has 20 heavy (non-hydrogen) atoms. The normalized spacial score (nSPS) is 27.4. The molecule has 108 valence electrons. The summed E-state index contributed by atoms with van der Waals surface area (Å²) in [4.78, 5) is 0. The van der Waals surface area contributed by atoms with Crippen LogP contribution in [-0.2, 0) is 4.18 Å². The van der Waals surface area contributed by atoms with Crippen molar-refractivity contribution in [2.45, 2.75) is 12.8 Å². The Bertz CT molecular complexity index is 451. The van der Waals surface area contributed by atoms with Crippen LogP contribution in [0.1, 0.15) is 18.4 Å². The van der Waals surface area contributed by atoms with Gasteiger partial charge in [-0.2, -0.15) is 0 Å². The molecule has 0 radical (unpaired) electrons. The summed E-state index contributed by atoms with van der Waals surface area (Å²) < 4.78 is 12.0. The van der Waals surface area contributed by atoms with Crippen molar-refractivity contribution in [3.8, 4) is 0 Å². The molecule has 1 saturated carbocycles. The first-order chi connectivity index (χ1) is 10.3. The summed E-state index contributed by atoms with van der Waals surface area (Å²) in [5, 5.41) is 0. The van der Waals surface area contributed by atoms with Crippen LogP contribution in [0.5, 0.6) is 0 Å². The van der Waals surface area contributed by atoms with E-state index >= 15 is 0 Å². The molecule has 0 aromatic heterocycles. The predicted molar refractivity (Wildman–Crippen MR) is 93.5 cm³/mol. The van der Waals surface area contributed by atoms with Crippen LogP contribution in [0.2, 0.25) is 0 Å². The first-order valence-electron chi connectivity index (χ1n) is 7.55. The lowest BCUT2D eigenvalue weighted by Gasteiger charge is -2.14. The zero-order chi connectivity index (χ0) is 14.9. The van der Waals surface area contributed by atoms with E-state index in [-0.39, 0.29) is 0 Å². The van der Waals surface area contributed by atoms with Gasteiger partial charge < -0.3 is 4.18 Å². The SMILES string of the molecule is [2H]SOCPCC1CC(/C=C/c2ccccc2)CC1C=C. The zero-order valence-electron chi connectivity index (χ0n) is 12.7. The molecule has 0 saturated heterocycles. The van der Waals surface area contributed by atoms with Gasteiger partial charge in [-0.15, -0.1) is 6.58 Å². The minimum atomic E-state index is 0.631. The third kappa shape index (κ3) is 4.77. The quantitative estimate of drug-likeness (QED) is 0.233. The van der Waals surface area contributed by atoms with Gasteiger partial charge in [-0.3, -0.25) is 0 Å². The van der Waals surface area contributed by atoms with Crippen molar-refractivity contribution < 1.29 is 4.18 Å². The number of rotatable bonds is 8. The number of allylic oxidation sites excluding steroid dienone is 2. The highest BCUT2D eigenvalue weighted by Gasteiger charge is 2.30. The topological polar surface area (TPSA) is 9.23 Å². The summed E-state index contributed by atoms with van der Waals surface area (Å²) in [7, 11) is 0.792. The predicted octanol–water partition coefficient (Wildman–Crippen LogP) is 5.03. The van der Waals surface area contributed by atoms with E-state index in [1.165, 1.54) is 24.6 Å². The average molecular weight is 307 g/mol. The Morgan fingerprint density at radius 3 is 3.00 bits per heavy atom. The van der Waals surface area contributed by atoms with Gasteiger partial charge in [0.05, 0.1) is 6.35 Å². The van der Waals surface area contributed by atoms with Crippen molar-refractivity contribution in [3.63, 3.8) is 0 Å². The lowest BCUT2D eigenvalue weighted by atomic mass is 9.98. The first-order valence-corrected chi connectivity index (χ1v) is 8.89. The van der Waals surface area contributed by atoms with Gasteiger partial charge in [-0.25, -0.2) is 0 Å². The summed E-state index contributed by atoms with van der Waals surface area (Å²) in [6.45, 7) is 4.00. The van der Waals surface area contributed by atoms with Gasteiger partial charge in [0.25, 0.3) is 0 Å². The Morgan fingerprint density at radius 1 is 1.40 bits per heavy atom. The van der Waals surface area contributed by atoms with E-state index in [1.807, 2.05) is 0 Å². The standard InChI is InChI=1S/C17H23OPS/c1-2-16-10-15(11-17(16)12-19-13-18-20)9-8-14-6-4-3-5-7-14/h2-9,15-17,19-20H,1,10-13H2/b9-8+/i/hD. The summed E-state index contributed by atoms with van der Waals surface area (Å²) in [6.07, 6.45) is 11.1. The highest BCUT2D eigenvalue weighted by atomic mass is 32.1. The molecule has 1 aliphatic rings. The molecule has 4 unspecified atom stereocenters. The largest absolute Gasteiger partial charge is 0.314 e. The lowest BCUT2D eigenvalue weighted by molar-refractivity contribution is 0.464. The second-order valence-corrected chi connectivity index (χ2v) is 6.81. The highest BCUT2D eigenvalue weighted by Crippen LogP contribution is 2.40. The van der Waals surface area contributed by atoms with Crippen molar-refractivity contribution in [2.24, 2.45) is 17.8 Å². The van der Waals surface area contributed by atoms with Crippen molar-refractivity contribution in [1.82, 2.24) is 0 Å². The summed E-state index contributed by atoms with van der Waals surface area (Å²) in [6, 6.07) is 10.5. The maximum Gasteiger partial charge on any atom is 0.135 e. The molecule has 2 rings (SSSR count). The van der Waals surface area contributed by atoms with Gasteiger partial charge in [-0.1, -0.05) is 57.1 Å². The molecule has 0 amide bonds. The van der Waals surface area contributed by atoms with E-state index in [0.29, 0.717) is 18.2 Å². The Labute approximate surface area is 131 Å². The van der Waals surface area contributed by atoms with Gasteiger partial charge in [0, 0.05) is 0 Å². The molecular formula is C17H23OPS. The monoisotopic (exact) mass is 307 g/mol. The van der Waals surface area contributed by atoms with Crippen LogP contribution in [0.4, 0.5) is 0 Å². The number of hydrogen-bond donors (Lipinski definition) is 1. The van der Waals surface area contributed by atoms with Gasteiger partial charge in [-0.05, 0) is 55.1 Å². The molecule has 0 aliphatic heterocycles. The third-order valence-corrected chi connectivity index (χ3v) is 5.51. The smallest absolute Gasteiger partial charge is 0.135 e. The Morgan fingerprint density at radius 2 is 2.25 bits per heavy atom. The molecule has 1 aliphatic carbocycles. The first kappa shape index (κ1) is 14.4. The van der Waals surface area contributed by atoms with Crippen molar-refractivity contribution >= 4 is 27.5 Å². The van der Waals surface area contributed by atoms with E-state index in [4.69, 9.17) is 5.31 Å². The molecule has 0 N–H and O–H groups in total. The summed E-state index contributed by atoms with van der Waals surface area (Å²) in [5.74, 6) is 2.02. The minimum Gasteiger partial charge on any atom is -0.314 e. The maximum atomic E-state index is 6.91. The molecule has 1 aromatic rings. The molecule has 1 fully saturated rings. The number of thiol groups is 1. The highest BCUT2D eigenvalue weighted by molar-refractivity contribution is 7.75. The van der Waals surface area contributed by atoms with Gasteiger partial charge in [0.15, 0.2) is 0 Å². The molecule has 0 spiro atoms. The molecule has 3 heteroatoms. The Kier molecular flexibility index (Phi) is 6.23. The van der Waals surface area contributed by atoms with Crippen LogP contribution in [-0.4, -0.2) is 13.6 Å². The molecule has 0 heterocycles. The van der Waals surface area contributed by atoms with Gasteiger partial charge in [0.1, 0.15) is 1.12 Å². The van der Waals surface area contributed by atoms with Crippen LogP contribution in [0.15, 0.2) is 49.1 Å². The molecular weight excluding hydrogens is 283 g/mol. The summed E-state index contributed by atoms with van der Waals surface area (Å²) >= 11 is 0.723. The van der Waals surface area contributed by atoms with Crippen molar-refractivity contribution in [2.75, 3.05) is 12.5 Å². The van der Waals surface area contributed by atoms with E-state index < -0.39 is 0 Å². The molecule has 1 nitrogen and oxygen atoms in total. The number of hydrogen-bond acceptors (Lipinski definition) is 2. The Hall–Kier alpha value is -0.560. The Balaban J connectivity index is 1.83. The van der Waals surface area contributed by atoms with Crippen molar-refractivity contribution in [1.29, 1.82) is 1.12 Å². The molecule has 1 aromatic carbocycles. The zero-order valence-corrected chi connectivity index (χ0v) is 13.5. The van der Waals surface area contributed by atoms with E-state index in [1.54, 1.807) is 0 Å². The summed E-state index contributed by atoms with van der Waals surface area (Å²) in [5.41, 5.74) is 1.28. The fraction of sp³-hybridized carbons (Fsp3) is 0.412. The van der Waals surface area contributed by atoms with Crippen LogP contribution in [0.3, 0.4) is 0 Å². The van der Waals surface area contributed by atoms with Crippen LogP contribution in [0.25, 0.3) is 6.08 Å². The van der Waals surface area contributed by atoms with Gasteiger partial charge in [0.2, 0.25) is 0 Å². The van der Waals surface area contributed by atoms with E-state index in [0.717, 1.165) is 27.3 Å². The van der Waals surface area contributed by atoms with Crippen molar-refractivity contribution in [3.05, 3.63) is 54.6 Å². The number of benzene rings is 1. The maximum absolute atomic E-state index is 6.91. The fourth-order valence-electron chi connectivity index (χ4n) is 2.98. The molecule has 4 atom stereocenters. The van der Waals surface area contributed by atoms with E-state index in [2.05, 4.69) is 55.1 Å². The van der Waals surface area contributed by atoms with Crippen LogP contribution < -0.4 is 0 Å². The third-order valence-electron chi connectivity index (χ3n) is 4.02. The average Bonchev–Trinajstić information content (AvgIpc) is 2.93. The fourth-order valence-corrected chi connectivity index (χ4v) is 4.27. The minimum absolute atomic E-state index is 0.631. The van der Waals surface area contributed by atoms with E-state index in [9.17, 15) is 0 Å². The van der Waals surface area contributed by atoms with Crippen LogP contribution >= 0.6 is 21.4 Å².